The van der Waals surface area contributed by atoms with Crippen molar-refractivity contribution in [2.24, 2.45) is 0 Å². The molecule has 0 heterocycles. The van der Waals surface area contributed by atoms with Crippen LogP contribution in [-0.4, -0.2) is 11.1 Å². The van der Waals surface area contributed by atoms with Crippen molar-refractivity contribution in [3.8, 4) is 5.75 Å². The van der Waals surface area contributed by atoms with Crippen LogP contribution in [0.15, 0.2) is 42.5 Å². The van der Waals surface area contributed by atoms with Crippen LogP contribution in [0, 0.1) is 11.6 Å². The van der Waals surface area contributed by atoms with Crippen LogP contribution in [0.2, 0.25) is 0 Å². The Balaban J connectivity index is 2.12. The minimum absolute atomic E-state index is 0.0945. The smallest absolute Gasteiger partial charge is 0.307 e. The lowest BCUT2D eigenvalue weighted by atomic mass is 10.1. The van der Waals surface area contributed by atoms with E-state index in [1.807, 2.05) is 0 Å². The van der Waals surface area contributed by atoms with Gasteiger partial charge >= 0.3 is 5.97 Å². The minimum atomic E-state index is -0.978. The van der Waals surface area contributed by atoms with Crippen LogP contribution in [0.3, 0.4) is 0 Å². The summed E-state index contributed by atoms with van der Waals surface area (Å²) in [6.45, 7) is -0.0945. The summed E-state index contributed by atoms with van der Waals surface area (Å²) in [5.74, 6) is -1.95. The molecule has 2 aromatic rings. The molecule has 0 unspecified atom stereocenters. The molecule has 0 bridgehead atoms. The third-order valence-electron chi connectivity index (χ3n) is 2.71. The van der Waals surface area contributed by atoms with Crippen LogP contribution in [0.4, 0.5) is 8.78 Å². The number of ether oxygens (including phenoxy) is 1. The second-order valence-corrected chi connectivity index (χ2v) is 4.20. The molecule has 5 heteroatoms. The zero-order chi connectivity index (χ0) is 14.5. The van der Waals surface area contributed by atoms with Gasteiger partial charge < -0.3 is 9.84 Å². The van der Waals surface area contributed by atoms with Crippen molar-refractivity contribution in [2.75, 3.05) is 0 Å². The normalized spacial score (nSPS) is 10.3. The fourth-order valence-electron chi connectivity index (χ4n) is 1.75. The third kappa shape index (κ3) is 3.54. The summed E-state index contributed by atoms with van der Waals surface area (Å²) < 4.78 is 31.6. The van der Waals surface area contributed by atoms with Crippen molar-refractivity contribution >= 4 is 5.97 Å². The van der Waals surface area contributed by atoms with E-state index >= 15 is 0 Å². The fraction of sp³-hybridized carbons (Fsp3) is 0.133. The van der Waals surface area contributed by atoms with Crippen molar-refractivity contribution in [2.45, 2.75) is 13.0 Å². The van der Waals surface area contributed by atoms with Crippen LogP contribution in [0.25, 0.3) is 0 Å². The van der Waals surface area contributed by atoms with Crippen LogP contribution in [-0.2, 0) is 17.8 Å². The molecule has 0 aliphatic carbocycles. The molecule has 1 N–H and O–H groups in total. The molecule has 0 aliphatic rings. The molecule has 0 radical (unpaired) electrons. The molecule has 0 fully saturated rings. The summed E-state index contributed by atoms with van der Waals surface area (Å²) in [4.78, 5) is 10.7. The first-order valence-electron chi connectivity index (χ1n) is 5.92. The molecule has 0 aromatic heterocycles. The summed E-state index contributed by atoms with van der Waals surface area (Å²) in [6, 6.07) is 9.85. The van der Waals surface area contributed by atoms with Crippen LogP contribution < -0.4 is 4.74 Å². The van der Waals surface area contributed by atoms with Gasteiger partial charge in [-0.05, 0) is 18.2 Å². The molecule has 104 valence electrons. The largest absolute Gasteiger partial charge is 0.488 e. The van der Waals surface area contributed by atoms with E-state index < -0.39 is 17.6 Å². The van der Waals surface area contributed by atoms with Gasteiger partial charge in [-0.25, -0.2) is 8.78 Å². The van der Waals surface area contributed by atoms with Crippen LogP contribution in [0.5, 0.6) is 5.75 Å². The van der Waals surface area contributed by atoms with E-state index in [1.165, 1.54) is 6.07 Å². The monoisotopic (exact) mass is 278 g/mol. The maximum atomic E-state index is 13.4. The zero-order valence-electron chi connectivity index (χ0n) is 10.5. The lowest BCUT2D eigenvalue weighted by Crippen LogP contribution is -2.05. The first kappa shape index (κ1) is 14.0. The van der Waals surface area contributed by atoms with Crippen molar-refractivity contribution in [1.29, 1.82) is 0 Å². The summed E-state index contributed by atoms with van der Waals surface area (Å²) in [5, 5.41) is 8.79. The van der Waals surface area contributed by atoms with Gasteiger partial charge in [0.2, 0.25) is 0 Å². The molecule has 0 saturated heterocycles. The van der Waals surface area contributed by atoms with E-state index in [1.54, 1.807) is 24.3 Å². The predicted molar refractivity (Wildman–Crippen MR) is 68.5 cm³/mol. The number of hydrogen-bond donors (Lipinski definition) is 1. The van der Waals surface area contributed by atoms with E-state index in [0.717, 1.165) is 12.1 Å². The van der Waals surface area contributed by atoms with E-state index in [0.29, 0.717) is 11.3 Å². The maximum absolute atomic E-state index is 13.4. The summed E-state index contributed by atoms with van der Waals surface area (Å²) in [6.07, 6.45) is -0.178. The molecule has 3 nitrogen and oxygen atoms in total. The molecule has 2 aromatic carbocycles. The number of carboxylic acid groups (broad SMARTS) is 1. The fourth-order valence-corrected chi connectivity index (χ4v) is 1.75. The van der Waals surface area contributed by atoms with Gasteiger partial charge in [-0.15, -0.1) is 0 Å². The number of aliphatic carboxylic acids is 1. The number of carboxylic acids is 1. The first-order chi connectivity index (χ1) is 9.56. The average Bonchev–Trinajstić information content (AvgIpc) is 2.39. The van der Waals surface area contributed by atoms with Gasteiger partial charge in [-0.2, -0.15) is 0 Å². The molecule has 2 rings (SSSR count). The standard InChI is InChI=1S/C15H12F2O3/c16-12-6-5-11(13(17)8-12)9-20-14-4-2-1-3-10(14)7-15(18)19/h1-6,8H,7,9H2,(H,18,19). The molecule has 0 amide bonds. The Kier molecular flexibility index (Phi) is 4.30. The van der Waals surface area contributed by atoms with E-state index in [9.17, 15) is 13.6 Å². The highest BCUT2D eigenvalue weighted by atomic mass is 19.1. The maximum Gasteiger partial charge on any atom is 0.307 e. The van der Waals surface area contributed by atoms with Crippen molar-refractivity contribution in [3.63, 3.8) is 0 Å². The Morgan fingerprint density at radius 2 is 1.85 bits per heavy atom. The van der Waals surface area contributed by atoms with E-state index in [4.69, 9.17) is 9.84 Å². The Morgan fingerprint density at radius 3 is 2.55 bits per heavy atom. The number of carbonyl (C=O) groups is 1. The number of halogens is 2. The van der Waals surface area contributed by atoms with Crippen molar-refractivity contribution < 1.29 is 23.4 Å². The number of rotatable bonds is 5. The van der Waals surface area contributed by atoms with E-state index in [2.05, 4.69) is 0 Å². The Labute approximate surface area is 114 Å². The lowest BCUT2D eigenvalue weighted by Gasteiger charge is -2.10. The van der Waals surface area contributed by atoms with Gasteiger partial charge in [0.1, 0.15) is 24.0 Å². The van der Waals surface area contributed by atoms with Gasteiger partial charge in [-0.3, -0.25) is 4.79 Å². The van der Waals surface area contributed by atoms with E-state index in [-0.39, 0.29) is 18.6 Å². The molecular formula is C15H12F2O3. The zero-order valence-corrected chi connectivity index (χ0v) is 10.5. The summed E-state index contributed by atoms with van der Waals surface area (Å²) in [7, 11) is 0. The molecule has 0 spiro atoms. The van der Waals surface area contributed by atoms with Crippen LogP contribution in [0.1, 0.15) is 11.1 Å². The number of benzene rings is 2. The van der Waals surface area contributed by atoms with Gasteiger partial charge in [-0.1, -0.05) is 18.2 Å². The van der Waals surface area contributed by atoms with Crippen LogP contribution >= 0.6 is 0 Å². The molecule has 0 atom stereocenters. The Bertz CT molecular complexity index is 626. The topological polar surface area (TPSA) is 46.5 Å². The predicted octanol–water partition coefficient (Wildman–Crippen LogP) is 3.17. The van der Waals surface area contributed by atoms with Gasteiger partial charge in [0, 0.05) is 17.2 Å². The van der Waals surface area contributed by atoms with Gasteiger partial charge in [0.05, 0.1) is 6.42 Å². The minimum Gasteiger partial charge on any atom is -0.488 e. The third-order valence-corrected chi connectivity index (χ3v) is 2.71. The highest BCUT2D eigenvalue weighted by Crippen LogP contribution is 2.20. The molecule has 20 heavy (non-hydrogen) atoms. The quantitative estimate of drug-likeness (QED) is 0.913. The first-order valence-corrected chi connectivity index (χ1v) is 5.92. The highest BCUT2D eigenvalue weighted by Gasteiger charge is 2.09. The number of hydrogen-bond acceptors (Lipinski definition) is 2. The van der Waals surface area contributed by atoms with Crippen molar-refractivity contribution in [3.05, 3.63) is 65.2 Å². The average molecular weight is 278 g/mol. The highest BCUT2D eigenvalue weighted by molar-refractivity contribution is 5.71. The number of para-hydroxylation sites is 1. The second-order valence-electron chi connectivity index (χ2n) is 4.20. The SMILES string of the molecule is O=C(O)Cc1ccccc1OCc1ccc(F)cc1F. The van der Waals surface area contributed by atoms with Crippen molar-refractivity contribution in [1.82, 2.24) is 0 Å². The second kappa shape index (κ2) is 6.14. The van der Waals surface area contributed by atoms with Gasteiger partial charge in [0.25, 0.3) is 0 Å². The molecule has 0 saturated carbocycles. The molecular weight excluding hydrogens is 266 g/mol. The summed E-state index contributed by atoms with van der Waals surface area (Å²) >= 11 is 0. The molecule has 0 aliphatic heterocycles. The summed E-state index contributed by atoms with van der Waals surface area (Å²) in [5.41, 5.74) is 0.707. The Hall–Kier alpha value is -2.43. The lowest BCUT2D eigenvalue weighted by molar-refractivity contribution is -0.136. The Morgan fingerprint density at radius 1 is 1.10 bits per heavy atom. The van der Waals surface area contributed by atoms with Gasteiger partial charge in [0.15, 0.2) is 0 Å².